The topological polar surface area (TPSA) is 75.5 Å². The van der Waals surface area contributed by atoms with Crippen LogP contribution in [0.2, 0.25) is 0 Å². The Kier molecular flexibility index (Phi) is 4.14. The van der Waals surface area contributed by atoms with Crippen LogP contribution in [0.25, 0.3) is 0 Å². The fourth-order valence-corrected chi connectivity index (χ4v) is 2.60. The zero-order chi connectivity index (χ0) is 16.3. The van der Waals surface area contributed by atoms with E-state index in [-0.39, 0.29) is 0 Å². The third-order valence-corrected chi connectivity index (χ3v) is 4.12. The summed E-state index contributed by atoms with van der Waals surface area (Å²) in [5, 5.41) is 9.31. The third kappa shape index (κ3) is 3.41. The van der Waals surface area contributed by atoms with Crippen LogP contribution < -0.4 is 9.64 Å². The summed E-state index contributed by atoms with van der Waals surface area (Å²) in [7, 11) is 0. The van der Waals surface area contributed by atoms with Gasteiger partial charge in [0.2, 0.25) is 11.8 Å². The van der Waals surface area contributed by atoms with Crippen molar-refractivity contribution in [2.45, 2.75) is 20.0 Å². The first-order valence-electron chi connectivity index (χ1n) is 7.55. The van der Waals surface area contributed by atoms with Gasteiger partial charge in [0.15, 0.2) is 0 Å². The molecule has 0 amide bonds. The Morgan fingerprint density at radius 2 is 2.13 bits per heavy atom. The molecule has 0 aliphatic carbocycles. The summed E-state index contributed by atoms with van der Waals surface area (Å²) in [6, 6.07) is 11.6. The van der Waals surface area contributed by atoms with E-state index in [9.17, 15) is 9.90 Å². The maximum atomic E-state index is 11.3. The zero-order valence-electron chi connectivity index (χ0n) is 13.0. The first-order valence-corrected chi connectivity index (χ1v) is 7.55. The highest BCUT2D eigenvalue weighted by molar-refractivity contribution is 5.76. The minimum Gasteiger partial charge on any atom is -0.481 e. The van der Waals surface area contributed by atoms with Crippen LogP contribution in [0.4, 0.5) is 5.95 Å². The molecule has 1 aromatic carbocycles. The molecule has 1 aromatic heterocycles. The molecule has 0 bridgehead atoms. The van der Waals surface area contributed by atoms with Crippen molar-refractivity contribution in [2.24, 2.45) is 5.41 Å². The van der Waals surface area contributed by atoms with Gasteiger partial charge in [-0.2, -0.15) is 4.98 Å². The molecular weight excluding hydrogens is 294 g/mol. The van der Waals surface area contributed by atoms with Gasteiger partial charge in [-0.15, -0.1) is 0 Å². The van der Waals surface area contributed by atoms with Crippen molar-refractivity contribution >= 4 is 11.9 Å². The first kappa shape index (κ1) is 15.3. The number of anilines is 1. The van der Waals surface area contributed by atoms with E-state index < -0.39 is 11.4 Å². The molecule has 120 valence electrons. The number of rotatable bonds is 5. The highest BCUT2D eigenvalue weighted by Crippen LogP contribution is 2.32. The lowest BCUT2D eigenvalue weighted by atomic mass is 9.90. The number of ether oxygens (including phenoxy) is 1. The van der Waals surface area contributed by atoms with Gasteiger partial charge in [-0.05, 0) is 18.9 Å². The predicted octanol–water partition coefficient (Wildman–Crippen LogP) is 2.36. The number of nitrogens with zero attached hydrogens (tertiary/aromatic N) is 3. The Hall–Kier alpha value is -2.63. The zero-order valence-corrected chi connectivity index (χ0v) is 13.0. The van der Waals surface area contributed by atoms with Crippen LogP contribution in [-0.2, 0) is 11.4 Å². The van der Waals surface area contributed by atoms with Crippen LogP contribution in [0, 0.1) is 5.41 Å². The third-order valence-electron chi connectivity index (χ3n) is 4.12. The van der Waals surface area contributed by atoms with Gasteiger partial charge in [0.1, 0.15) is 6.61 Å². The van der Waals surface area contributed by atoms with Crippen molar-refractivity contribution in [1.29, 1.82) is 0 Å². The molecule has 6 nitrogen and oxygen atoms in total. The highest BCUT2D eigenvalue weighted by Gasteiger charge is 2.41. The second kappa shape index (κ2) is 6.24. The molecule has 2 heterocycles. The van der Waals surface area contributed by atoms with Gasteiger partial charge in [-0.3, -0.25) is 4.79 Å². The van der Waals surface area contributed by atoms with E-state index >= 15 is 0 Å². The summed E-state index contributed by atoms with van der Waals surface area (Å²) in [6.07, 6.45) is 2.22. The van der Waals surface area contributed by atoms with Crippen LogP contribution in [0.5, 0.6) is 5.88 Å². The van der Waals surface area contributed by atoms with E-state index in [1.165, 1.54) is 0 Å². The maximum Gasteiger partial charge on any atom is 0.311 e. The summed E-state index contributed by atoms with van der Waals surface area (Å²) in [4.78, 5) is 21.9. The molecule has 1 aliphatic heterocycles. The van der Waals surface area contributed by atoms with E-state index in [0.29, 0.717) is 37.9 Å². The van der Waals surface area contributed by atoms with Crippen LogP contribution in [0.1, 0.15) is 18.9 Å². The Morgan fingerprint density at radius 3 is 2.83 bits per heavy atom. The molecule has 1 unspecified atom stereocenters. The van der Waals surface area contributed by atoms with Crippen LogP contribution in [-0.4, -0.2) is 34.1 Å². The lowest BCUT2D eigenvalue weighted by Gasteiger charge is -2.20. The number of carboxylic acid groups (broad SMARTS) is 1. The van der Waals surface area contributed by atoms with E-state index in [1.807, 2.05) is 35.2 Å². The second-order valence-electron chi connectivity index (χ2n) is 6.01. The molecule has 3 rings (SSSR count). The second-order valence-corrected chi connectivity index (χ2v) is 6.01. The average Bonchev–Trinajstić information content (AvgIpc) is 2.98. The van der Waals surface area contributed by atoms with Crippen molar-refractivity contribution in [3.05, 3.63) is 48.2 Å². The maximum absolute atomic E-state index is 11.3. The minimum absolute atomic E-state index is 0.407. The molecule has 2 aromatic rings. The van der Waals surface area contributed by atoms with E-state index in [4.69, 9.17) is 4.74 Å². The van der Waals surface area contributed by atoms with E-state index in [0.717, 1.165) is 5.56 Å². The number of aliphatic carboxylic acids is 1. The summed E-state index contributed by atoms with van der Waals surface area (Å²) >= 11 is 0. The smallest absolute Gasteiger partial charge is 0.311 e. The predicted molar refractivity (Wildman–Crippen MR) is 85.4 cm³/mol. The summed E-state index contributed by atoms with van der Waals surface area (Å²) in [6.45, 7) is 3.23. The van der Waals surface area contributed by atoms with Gasteiger partial charge in [0.05, 0.1) is 5.41 Å². The lowest BCUT2D eigenvalue weighted by molar-refractivity contribution is -0.146. The van der Waals surface area contributed by atoms with Gasteiger partial charge in [-0.25, -0.2) is 4.98 Å². The Labute approximate surface area is 134 Å². The number of benzene rings is 1. The molecule has 1 atom stereocenters. The SMILES string of the molecule is CC1(C(=O)O)CCN(c2nccc(OCc3ccccc3)n2)C1. The van der Waals surface area contributed by atoms with Crippen molar-refractivity contribution in [3.8, 4) is 5.88 Å². The molecule has 0 radical (unpaired) electrons. The Bertz CT molecular complexity index is 692. The number of carboxylic acids is 1. The molecule has 1 fully saturated rings. The Balaban J connectivity index is 1.67. The molecular formula is C17H19N3O3. The fraction of sp³-hybridized carbons (Fsp3) is 0.353. The molecule has 1 saturated heterocycles. The van der Waals surface area contributed by atoms with Gasteiger partial charge in [-0.1, -0.05) is 30.3 Å². The van der Waals surface area contributed by atoms with Gasteiger partial charge >= 0.3 is 5.97 Å². The van der Waals surface area contributed by atoms with Gasteiger partial charge < -0.3 is 14.7 Å². The first-order chi connectivity index (χ1) is 11.1. The van der Waals surface area contributed by atoms with Crippen molar-refractivity contribution in [1.82, 2.24) is 9.97 Å². The van der Waals surface area contributed by atoms with E-state index in [2.05, 4.69) is 9.97 Å². The van der Waals surface area contributed by atoms with E-state index in [1.54, 1.807) is 19.2 Å². The normalized spacial score (nSPS) is 20.5. The Morgan fingerprint density at radius 1 is 1.35 bits per heavy atom. The minimum atomic E-state index is -0.781. The number of hydrogen-bond donors (Lipinski definition) is 1. The lowest BCUT2D eigenvalue weighted by Crippen LogP contribution is -2.32. The largest absolute Gasteiger partial charge is 0.481 e. The highest BCUT2D eigenvalue weighted by atomic mass is 16.5. The van der Waals surface area contributed by atoms with Gasteiger partial charge in [0, 0.05) is 25.4 Å². The molecule has 1 N–H and O–H groups in total. The quantitative estimate of drug-likeness (QED) is 0.913. The number of carbonyl (C=O) groups is 1. The van der Waals surface area contributed by atoms with Gasteiger partial charge in [0.25, 0.3) is 0 Å². The van der Waals surface area contributed by atoms with Crippen LogP contribution in [0.15, 0.2) is 42.6 Å². The number of hydrogen-bond acceptors (Lipinski definition) is 5. The standard InChI is InChI=1S/C17H19N3O3/c1-17(15(21)22)8-10-20(12-17)16-18-9-7-14(19-16)23-11-13-5-3-2-4-6-13/h2-7,9H,8,10-12H2,1H3,(H,21,22). The molecule has 6 heteroatoms. The van der Waals surface area contributed by atoms with Crippen molar-refractivity contribution in [3.63, 3.8) is 0 Å². The number of aromatic nitrogens is 2. The summed E-state index contributed by atoms with van der Waals surface area (Å²) in [5.74, 6) is 0.222. The summed E-state index contributed by atoms with van der Waals surface area (Å²) in [5.41, 5.74) is 0.317. The van der Waals surface area contributed by atoms with Crippen LogP contribution in [0.3, 0.4) is 0 Å². The molecule has 0 spiro atoms. The molecule has 1 aliphatic rings. The monoisotopic (exact) mass is 313 g/mol. The molecule has 0 saturated carbocycles. The fourth-order valence-electron chi connectivity index (χ4n) is 2.60. The summed E-state index contributed by atoms with van der Waals surface area (Å²) < 4.78 is 5.70. The van der Waals surface area contributed by atoms with Crippen molar-refractivity contribution < 1.29 is 14.6 Å². The van der Waals surface area contributed by atoms with Crippen molar-refractivity contribution in [2.75, 3.05) is 18.0 Å². The van der Waals surface area contributed by atoms with Crippen LogP contribution >= 0.6 is 0 Å². The molecule has 23 heavy (non-hydrogen) atoms. The average molecular weight is 313 g/mol.